The zero-order chi connectivity index (χ0) is 26.0. The van der Waals surface area contributed by atoms with E-state index in [1.807, 2.05) is 0 Å². The van der Waals surface area contributed by atoms with Gasteiger partial charge in [-0.1, -0.05) is 31.5 Å². The van der Waals surface area contributed by atoms with Crippen LogP contribution in [0.15, 0.2) is 54.6 Å². The van der Waals surface area contributed by atoms with Crippen molar-refractivity contribution in [1.82, 2.24) is 5.32 Å². The summed E-state index contributed by atoms with van der Waals surface area (Å²) in [5, 5.41) is 5.70. The molecule has 1 aliphatic heterocycles. The lowest BCUT2D eigenvalue weighted by molar-refractivity contribution is -0.124. The summed E-state index contributed by atoms with van der Waals surface area (Å²) in [4.78, 5) is 39.0. The van der Waals surface area contributed by atoms with Gasteiger partial charge in [-0.15, -0.1) is 0 Å². The molecule has 1 heterocycles. The van der Waals surface area contributed by atoms with Crippen LogP contribution in [0.4, 0.5) is 20.2 Å². The fourth-order valence-electron chi connectivity index (χ4n) is 3.53. The molecule has 0 spiro atoms. The van der Waals surface area contributed by atoms with Gasteiger partial charge in [0.25, 0.3) is 11.8 Å². The van der Waals surface area contributed by atoms with Crippen LogP contribution < -0.4 is 20.3 Å². The molecule has 0 unspecified atom stereocenters. The SMILES string of the molecule is CC(C)C(=O)NCc1ccc(Cl)c(C(=O)Nc2ccc3c(c2)C(=O)N(c2ccc(F)c(F)c2)CO3)c1. The smallest absolute Gasteiger partial charge is 0.264 e. The van der Waals surface area contributed by atoms with E-state index < -0.39 is 23.4 Å². The van der Waals surface area contributed by atoms with E-state index in [9.17, 15) is 23.2 Å². The van der Waals surface area contributed by atoms with Gasteiger partial charge < -0.3 is 15.4 Å². The van der Waals surface area contributed by atoms with Crippen LogP contribution in [-0.4, -0.2) is 24.5 Å². The highest BCUT2D eigenvalue weighted by molar-refractivity contribution is 6.34. The van der Waals surface area contributed by atoms with Gasteiger partial charge in [-0.25, -0.2) is 8.78 Å². The molecule has 3 aromatic carbocycles. The van der Waals surface area contributed by atoms with Gasteiger partial charge in [0.2, 0.25) is 5.91 Å². The van der Waals surface area contributed by atoms with Crippen LogP contribution >= 0.6 is 11.6 Å². The lowest BCUT2D eigenvalue weighted by Crippen LogP contribution is -2.38. The number of hydrogen-bond donors (Lipinski definition) is 2. The molecule has 3 amide bonds. The summed E-state index contributed by atoms with van der Waals surface area (Å²) < 4.78 is 32.6. The van der Waals surface area contributed by atoms with E-state index in [2.05, 4.69) is 10.6 Å². The van der Waals surface area contributed by atoms with Crippen LogP contribution in [0.2, 0.25) is 5.02 Å². The second-order valence-corrected chi connectivity index (χ2v) is 8.86. The second kappa shape index (κ2) is 10.3. The maximum Gasteiger partial charge on any atom is 0.264 e. The molecule has 0 radical (unpaired) electrons. The van der Waals surface area contributed by atoms with Crippen LogP contribution in [0, 0.1) is 17.6 Å². The van der Waals surface area contributed by atoms with Crippen LogP contribution in [0.5, 0.6) is 5.75 Å². The predicted octanol–water partition coefficient (Wildman–Crippen LogP) is 5.14. The fraction of sp³-hybridized carbons (Fsp3) is 0.192. The van der Waals surface area contributed by atoms with Crippen LogP contribution in [0.25, 0.3) is 0 Å². The van der Waals surface area contributed by atoms with Gasteiger partial charge in [0.15, 0.2) is 18.4 Å². The Hall–Kier alpha value is -3.98. The first-order valence-corrected chi connectivity index (χ1v) is 11.4. The third-order valence-electron chi connectivity index (χ3n) is 5.54. The molecule has 10 heteroatoms. The summed E-state index contributed by atoms with van der Waals surface area (Å²) in [6, 6.07) is 12.5. The third-order valence-corrected chi connectivity index (χ3v) is 5.87. The highest BCUT2D eigenvalue weighted by Crippen LogP contribution is 2.31. The van der Waals surface area contributed by atoms with Gasteiger partial charge in [0.05, 0.1) is 21.8 Å². The molecule has 0 saturated carbocycles. The Balaban J connectivity index is 1.52. The van der Waals surface area contributed by atoms with Gasteiger partial charge in [-0.3, -0.25) is 19.3 Å². The molecule has 2 N–H and O–H groups in total. The molecule has 4 rings (SSSR count). The fourth-order valence-corrected chi connectivity index (χ4v) is 3.74. The van der Waals surface area contributed by atoms with Crippen LogP contribution in [-0.2, 0) is 11.3 Å². The Labute approximate surface area is 211 Å². The van der Waals surface area contributed by atoms with Crippen molar-refractivity contribution in [3.8, 4) is 5.75 Å². The lowest BCUT2D eigenvalue weighted by Gasteiger charge is -2.29. The Bertz CT molecular complexity index is 1360. The molecule has 0 saturated heterocycles. The summed E-state index contributed by atoms with van der Waals surface area (Å²) >= 11 is 6.23. The number of anilines is 2. The minimum Gasteiger partial charge on any atom is -0.472 e. The molecule has 36 heavy (non-hydrogen) atoms. The van der Waals surface area contributed by atoms with E-state index in [1.54, 1.807) is 38.1 Å². The first-order valence-electron chi connectivity index (χ1n) is 11.1. The summed E-state index contributed by atoms with van der Waals surface area (Å²) in [5.74, 6) is -3.13. The molecule has 0 fully saturated rings. The molecule has 3 aromatic rings. The van der Waals surface area contributed by atoms with Crippen molar-refractivity contribution in [3.05, 3.63) is 87.9 Å². The predicted molar refractivity (Wildman–Crippen MR) is 131 cm³/mol. The summed E-state index contributed by atoms with van der Waals surface area (Å²) in [6.45, 7) is 3.61. The number of ether oxygens (including phenoxy) is 1. The van der Waals surface area contributed by atoms with Crippen molar-refractivity contribution in [2.75, 3.05) is 16.9 Å². The Kier molecular flexibility index (Phi) is 7.21. The Morgan fingerprint density at radius 3 is 2.56 bits per heavy atom. The molecule has 186 valence electrons. The van der Waals surface area contributed by atoms with Gasteiger partial charge in [0.1, 0.15) is 5.75 Å². The first-order chi connectivity index (χ1) is 17.1. The van der Waals surface area contributed by atoms with E-state index in [4.69, 9.17) is 16.3 Å². The van der Waals surface area contributed by atoms with E-state index >= 15 is 0 Å². The number of fused-ring (bicyclic) bond motifs is 1. The summed E-state index contributed by atoms with van der Waals surface area (Å²) in [7, 11) is 0. The molecule has 7 nitrogen and oxygen atoms in total. The van der Waals surface area contributed by atoms with E-state index in [-0.39, 0.29) is 52.7 Å². The second-order valence-electron chi connectivity index (χ2n) is 8.46. The van der Waals surface area contributed by atoms with Gasteiger partial charge >= 0.3 is 0 Å². The maximum atomic E-state index is 13.7. The van der Waals surface area contributed by atoms with Crippen molar-refractivity contribution >= 4 is 40.7 Å². The maximum absolute atomic E-state index is 13.7. The highest BCUT2D eigenvalue weighted by atomic mass is 35.5. The number of carbonyl (C=O) groups excluding carboxylic acids is 3. The molecule has 0 bridgehead atoms. The Morgan fingerprint density at radius 2 is 1.83 bits per heavy atom. The summed E-state index contributed by atoms with van der Waals surface area (Å²) in [6.07, 6.45) is 0. The average molecular weight is 514 g/mol. The third kappa shape index (κ3) is 5.31. The van der Waals surface area contributed by atoms with Gasteiger partial charge in [-0.05, 0) is 48.0 Å². The number of nitrogens with zero attached hydrogens (tertiary/aromatic N) is 1. The minimum absolute atomic E-state index is 0.116. The van der Waals surface area contributed by atoms with E-state index in [0.29, 0.717) is 11.3 Å². The molecule has 0 aromatic heterocycles. The number of nitrogens with one attached hydrogen (secondary N) is 2. The number of amides is 3. The minimum atomic E-state index is -1.09. The molecular formula is C26H22ClF2N3O4. The number of carbonyl (C=O) groups is 3. The Morgan fingerprint density at radius 1 is 1.06 bits per heavy atom. The molecular weight excluding hydrogens is 492 g/mol. The number of halogens is 3. The quantitative estimate of drug-likeness (QED) is 0.478. The lowest BCUT2D eigenvalue weighted by atomic mass is 10.1. The monoisotopic (exact) mass is 513 g/mol. The average Bonchev–Trinajstić information content (AvgIpc) is 2.85. The molecule has 0 aliphatic carbocycles. The van der Waals surface area contributed by atoms with Crippen LogP contribution in [0.1, 0.15) is 40.1 Å². The number of benzene rings is 3. The largest absolute Gasteiger partial charge is 0.472 e. The van der Waals surface area contributed by atoms with Crippen molar-refractivity contribution in [3.63, 3.8) is 0 Å². The summed E-state index contributed by atoms with van der Waals surface area (Å²) in [5.41, 5.74) is 1.45. The standard InChI is InChI=1S/C26H22ClF2N3O4/c1-14(2)24(33)30-12-15-3-6-20(27)18(9-15)25(34)31-16-4-8-23-19(10-16)26(35)32(13-36-23)17-5-7-21(28)22(29)11-17/h3-11,14H,12-13H2,1-2H3,(H,30,33)(H,31,34). The van der Waals surface area contributed by atoms with Crippen molar-refractivity contribution < 1.29 is 27.9 Å². The van der Waals surface area contributed by atoms with E-state index in [0.717, 1.165) is 17.0 Å². The zero-order valence-corrected chi connectivity index (χ0v) is 20.2. The zero-order valence-electron chi connectivity index (χ0n) is 19.4. The van der Waals surface area contributed by atoms with Gasteiger partial charge in [-0.2, -0.15) is 0 Å². The molecule has 1 aliphatic rings. The normalized spacial score (nSPS) is 12.7. The number of hydrogen-bond acceptors (Lipinski definition) is 4. The molecule has 0 atom stereocenters. The van der Waals surface area contributed by atoms with Crippen LogP contribution in [0.3, 0.4) is 0 Å². The number of rotatable bonds is 6. The van der Waals surface area contributed by atoms with Crippen molar-refractivity contribution in [1.29, 1.82) is 0 Å². The topological polar surface area (TPSA) is 87.7 Å². The first kappa shape index (κ1) is 25.1. The highest BCUT2D eigenvalue weighted by Gasteiger charge is 2.28. The van der Waals surface area contributed by atoms with Gasteiger partial charge in [0, 0.05) is 24.2 Å². The van der Waals surface area contributed by atoms with E-state index in [1.165, 1.54) is 18.2 Å². The van der Waals surface area contributed by atoms with Crippen molar-refractivity contribution in [2.24, 2.45) is 5.92 Å². The van der Waals surface area contributed by atoms with Crippen molar-refractivity contribution in [2.45, 2.75) is 20.4 Å².